The van der Waals surface area contributed by atoms with Crippen LogP contribution in [0.3, 0.4) is 0 Å². The SMILES string of the molecule is N#Cc1ccc(N2CCN(C(=O)C[C@H]3CC[C@@H]([C@@H]4CCCN4c4cn[nH]c(=O)c4C(F)(F)F)C3=O)CC2)nc1. The number of aromatic amines is 1. The summed E-state index contributed by atoms with van der Waals surface area (Å²) in [5, 5.41) is 14.4. The summed E-state index contributed by atoms with van der Waals surface area (Å²) in [6.45, 7) is 2.42. The first-order valence-corrected chi connectivity index (χ1v) is 13.0. The first kappa shape index (κ1) is 26.6. The number of carbonyl (C=O) groups is 2. The number of H-pyrrole nitrogens is 1. The molecule has 3 fully saturated rings. The largest absolute Gasteiger partial charge is 0.423 e. The van der Waals surface area contributed by atoms with E-state index in [0.717, 1.165) is 12.0 Å². The van der Waals surface area contributed by atoms with Crippen LogP contribution in [-0.4, -0.2) is 70.5 Å². The molecule has 39 heavy (non-hydrogen) atoms. The van der Waals surface area contributed by atoms with E-state index >= 15 is 0 Å². The molecule has 2 aliphatic heterocycles. The van der Waals surface area contributed by atoms with Gasteiger partial charge in [0, 0.05) is 63.2 Å². The number of alkyl halides is 3. The van der Waals surface area contributed by atoms with Crippen LogP contribution in [0.15, 0.2) is 29.3 Å². The summed E-state index contributed by atoms with van der Waals surface area (Å²) in [6, 6.07) is 5.04. The molecule has 1 N–H and O–H groups in total. The normalized spacial score (nSPS) is 23.8. The number of amides is 1. The number of Topliss-reactive ketones (excluding diaryl/α,β-unsaturated/α-hetero) is 1. The number of hydrogen-bond acceptors (Lipinski definition) is 8. The van der Waals surface area contributed by atoms with Gasteiger partial charge in [0.2, 0.25) is 5.91 Å². The summed E-state index contributed by atoms with van der Waals surface area (Å²) < 4.78 is 41.0. The Bertz CT molecular complexity index is 1330. The number of nitrogens with one attached hydrogen (secondary N) is 1. The highest BCUT2D eigenvalue weighted by Crippen LogP contribution is 2.42. The van der Waals surface area contributed by atoms with Gasteiger partial charge in [0.25, 0.3) is 5.56 Å². The fourth-order valence-corrected chi connectivity index (χ4v) is 6.11. The van der Waals surface area contributed by atoms with Crippen molar-refractivity contribution in [1.82, 2.24) is 20.1 Å². The van der Waals surface area contributed by atoms with Gasteiger partial charge in [-0.3, -0.25) is 14.4 Å². The van der Waals surface area contributed by atoms with E-state index in [2.05, 4.69) is 10.1 Å². The molecule has 2 aromatic heterocycles. The number of anilines is 2. The summed E-state index contributed by atoms with van der Waals surface area (Å²) in [5.41, 5.74) is -2.42. The van der Waals surface area contributed by atoms with E-state index < -0.39 is 35.2 Å². The van der Waals surface area contributed by atoms with E-state index in [0.29, 0.717) is 64.0 Å². The van der Waals surface area contributed by atoms with E-state index in [1.807, 2.05) is 16.1 Å². The standard InChI is InChI=1S/C26H28F3N7O3/c27-26(28,29)23-20(15-32-33-25(23)39)36-7-1-2-19(36)18-5-4-17(24(18)38)12-22(37)35-10-8-34(9-11-35)21-6-3-16(13-30)14-31-21/h3,6,14-15,17-19H,1-2,4-5,7-12H2,(H,33,39)/t17-,18+,19+/m1/s1. The minimum absolute atomic E-state index is 0.0809. The smallest absolute Gasteiger partial charge is 0.366 e. The third-order valence-electron chi connectivity index (χ3n) is 8.04. The average Bonchev–Trinajstić information content (AvgIpc) is 3.54. The summed E-state index contributed by atoms with van der Waals surface area (Å²) in [6.07, 6.45) is -0.117. The number of hydrogen-bond donors (Lipinski definition) is 1. The molecule has 3 atom stereocenters. The van der Waals surface area contributed by atoms with E-state index in [4.69, 9.17) is 5.26 Å². The second-order valence-electron chi connectivity index (χ2n) is 10.2. The Hall–Kier alpha value is -3.95. The molecule has 0 spiro atoms. The van der Waals surface area contributed by atoms with Crippen molar-refractivity contribution in [2.45, 2.75) is 44.3 Å². The molecule has 1 saturated carbocycles. The number of pyridine rings is 1. The first-order valence-electron chi connectivity index (χ1n) is 13.0. The lowest BCUT2D eigenvalue weighted by atomic mass is 9.91. The molecule has 0 bridgehead atoms. The second kappa shape index (κ2) is 10.7. The van der Waals surface area contributed by atoms with Crippen LogP contribution >= 0.6 is 0 Å². The molecule has 10 nitrogen and oxygen atoms in total. The zero-order valence-electron chi connectivity index (χ0n) is 21.2. The minimum atomic E-state index is -4.85. The molecule has 2 aromatic rings. The summed E-state index contributed by atoms with van der Waals surface area (Å²) in [7, 11) is 0. The quantitative estimate of drug-likeness (QED) is 0.609. The number of ketones is 1. The zero-order valence-corrected chi connectivity index (χ0v) is 21.2. The number of halogens is 3. The van der Waals surface area contributed by atoms with Crippen molar-refractivity contribution in [2.24, 2.45) is 11.8 Å². The van der Waals surface area contributed by atoms with Crippen LogP contribution in [-0.2, 0) is 15.8 Å². The fourth-order valence-electron chi connectivity index (χ4n) is 6.11. The highest BCUT2D eigenvalue weighted by molar-refractivity contribution is 5.91. The summed E-state index contributed by atoms with van der Waals surface area (Å²) in [5.74, 6) is -0.428. The Labute approximate surface area is 222 Å². The Kier molecular flexibility index (Phi) is 7.29. The van der Waals surface area contributed by atoms with Crippen molar-refractivity contribution >= 4 is 23.2 Å². The number of nitrogens with zero attached hydrogens (tertiary/aromatic N) is 6. The molecule has 0 radical (unpaired) electrons. The molecule has 13 heteroatoms. The van der Waals surface area contributed by atoms with Crippen LogP contribution in [0.1, 0.15) is 43.2 Å². The number of rotatable bonds is 5. The molecular formula is C26H28F3N7O3. The van der Waals surface area contributed by atoms with Crippen molar-refractivity contribution in [3.63, 3.8) is 0 Å². The molecule has 0 aromatic carbocycles. The number of nitriles is 1. The third-order valence-corrected chi connectivity index (χ3v) is 8.04. The van der Waals surface area contributed by atoms with Gasteiger partial charge in [-0.25, -0.2) is 10.1 Å². The highest BCUT2D eigenvalue weighted by atomic mass is 19.4. The molecule has 0 unspecified atom stereocenters. The number of piperazine rings is 1. The lowest BCUT2D eigenvalue weighted by molar-refractivity contribution is -0.138. The predicted octanol–water partition coefficient (Wildman–Crippen LogP) is 2.36. The first-order chi connectivity index (χ1) is 18.7. The van der Waals surface area contributed by atoms with E-state index in [9.17, 15) is 27.6 Å². The Morgan fingerprint density at radius 1 is 1.08 bits per heavy atom. The van der Waals surface area contributed by atoms with Gasteiger partial charge in [-0.15, -0.1) is 0 Å². The van der Waals surface area contributed by atoms with Crippen LogP contribution in [0.2, 0.25) is 0 Å². The predicted molar refractivity (Wildman–Crippen MR) is 134 cm³/mol. The molecule has 1 aliphatic carbocycles. The van der Waals surface area contributed by atoms with Gasteiger partial charge in [0.05, 0.1) is 17.4 Å². The molecular weight excluding hydrogens is 515 g/mol. The van der Waals surface area contributed by atoms with E-state index in [1.54, 1.807) is 17.0 Å². The van der Waals surface area contributed by atoms with Gasteiger partial charge in [0.15, 0.2) is 0 Å². The Morgan fingerprint density at radius 2 is 1.85 bits per heavy atom. The van der Waals surface area contributed by atoms with Crippen molar-refractivity contribution < 1.29 is 22.8 Å². The third kappa shape index (κ3) is 5.32. The molecule has 5 rings (SSSR count). The van der Waals surface area contributed by atoms with Crippen molar-refractivity contribution in [2.75, 3.05) is 42.5 Å². The maximum atomic E-state index is 13.7. The lowest BCUT2D eigenvalue weighted by Crippen LogP contribution is -2.49. The molecule has 206 valence electrons. The topological polar surface area (TPSA) is 126 Å². The minimum Gasteiger partial charge on any atom is -0.366 e. The van der Waals surface area contributed by atoms with E-state index in [-0.39, 0.29) is 23.8 Å². The van der Waals surface area contributed by atoms with Gasteiger partial charge in [-0.05, 0) is 37.8 Å². The van der Waals surface area contributed by atoms with Gasteiger partial charge in [-0.2, -0.15) is 23.5 Å². The van der Waals surface area contributed by atoms with Crippen LogP contribution in [0.4, 0.5) is 24.7 Å². The van der Waals surface area contributed by atoms with Gasteiger partial charge >= 0.3 is 6.18 Å². The maximum absolute atomic E-state index is 13.7. The van der Waals surface area contributed by atoms with Gasteiger partial charge < -0.3 is 14.7 Å². The zero-order chi connectivity index (χ0) is 27.7. The lowest BCUT2D eigenvalue weighted by Gasteiger charge is -2.36. The molecule has 2 saturated heterocycles. The van der Waals surface area contributed by atoms with E-state index in [1.165, 1.54) is 11.1 Å². The highest BCUT2D eigenvalue weighted by Gasteiger charge is 2.46. The van der Waals surface area contributed by atoms with Gasteiger partial charge in [-0.1, -0.05) is 0 Å². The average molecular weight is 544 g/mol. The molecule has 3 aliphatic rings. The van der Waals surface area contributed by atoms with Crippen molar-refractivity contribution in [1.29, 1.82) is 5.26 Å². The number of aromatic nitrogens is 3. The Morgan fingerprint density at radius 3 is 2.51 bits per heavy atom. The van der Waals surface area contributed by atoms with Crippen molar-refractivity contribution in [3.05, 3.63) is 46.0 Å². The summed E-state index contributed by atoms with van der Waals surface area (Å²) >= 11 is 0. The summed E-state index contributed by atoms with van der Waals surface area (Å²) in [4.78, 5) is 48.0. The number of carbonyl (C=O) groups excluding carboxylic acids is 2. The second-order valence-corrected chi connectivity index (χ2v) is 10.2. The molecule has 4 heterocycles. The van der Waals surface area contributed by atoms with Crippen LogP contribution in [0.25, 0.3) is 0 Å². The fraction of sp³-hybridized carbons (Fsp3) is 0.538. The van der Waals surface area contributed by atoms with Crippen LogP contribution in [0.5, 0.6) is 0 Å². The maximum Gasteiger partial charge on any atom is 0.423 e. The van der Waals surface area contributed by atoms with Crippen LogP contribution < -0.4 is 15.4 Å². The van der Waals surface area contributed by atoms with Crippen molar-refractivity contribution in [3.8, 4) is 6.07 Å². The van der Waals surface area contributed by atoms with Gasteiger partial charge in [0.1, 0.15) is 23.2 Å². The van der Waals surface area contributed by atoms with Crippen LogP contribution in [0, 0.1) is 23.2 Å². The Balaban J connectivity index is 1.20. The monoisotopic (exact) mass is 543 g/mol. The molecule has 1 amide bonds.